The second-order valence-corrected chi connectivity index (χ2v) is 4.40. The summed E-state index contributed by atoms with van der Waals surface area (Å²) in [6, 6.07) is 7.78. The number of para-hydroxylation sites is 1. The Bertz CT molecular complexity index is 405. The number of anilines is 1. The molecule has 17 heavy (non-hydrogen) atoms. The number of likely N-dealkylation sites (N-methyl/N-ethyl adjacent to an activating group) is 1. The minimum absolute atomic E-state index is 0.0584. The number of nitrogens with one attached hydrogen (secondary N) is 2. The van der Waals surface area contributed by atoms with Crippen molar-refractivity contribution in [1.29, 1.82) is 0 Å². The van der Waals surface area contributed by atoms with Gasteiger partial charge in [0.2, 0.25) is 5.91 Å². The number of amides is 1. The van der Waals surface area contributed by atoms with Gasteiger partial charge in [-0.1, -0.05) is 18.2 Å². The van der Waals surface area contributed by atoms with E-state index in [9.17, 15) is 4.79 Å². The second-order valence-electron chi connectivity index (χ2n) is 4.40. The van der Waals surface area contributed by atoms with Crippen LogP contribution in [0.15, 0.2) is 24.3 Å². The summed E-state index contributed by atoms with van der Waals surface area (Å²) in [5, 5.41) is 6.10. The third-order valence-corrected chi connectivity index (χ3v) is 3.17. The van der Waals surface area contributed by atoms with Crippen molar-refractivity contribution < 1.29 is 4.79 Å². The maximum Gasteiger partial charge on any atom is 0.236 e. The third-order valence-electron chi connectivity index (χ3n) is 3.17. The highest BCUT2D eigenvalue weighted by Crippen LogP contribution is 2.33. The smallest absolute Gasteiger partial charge is 0.236 e. The summed E-state index contributed by atoms with van der Waals surface area (Å²) in [4.78, 5) is 11.6. The van der Waals surface area contributed by atoms with E-state index < -0.39 is 6.04 Å². The molecule has 2 unspecified atom stereocenters. The molecule has 1 aliphatic rings. The van der Waals surface area contributed by atoms with Crippen molar-refractivity contribution in [2.75, 3.05) is 18.4 Å². The van der Waals surface area contributed by atoms with Crippen LogP contribution in [0.5, 0.6) is 0 Å². The molecule has 2 atom stereocenters. The summed E-state index contributed by atoms with van der Waals surface area (Å²) in [6.07, 6.45) is 0.690. The highest BCUT2D eigenvalue weighted by Gasteiger charge is 2.25. The normalized spacial score (nSPS) is 19.3. The molecule has 0 aromatic heterocycles. The maximum atomic E-state index is 11.6. The van der Waals surface area contributed by atoms with Gasteiger partial charge in [-0.15, -0.1) is 0 Å². The summed E-state index contributed by atoms with van der Waals surface area (Å²) in [6.45, 7) is 3.40. The Morgan fingerprint density at radius 1 is 1.59 bits per heavy atom. The van der Waals surface area contributed by atoms with Crippen LogP contribution in [0, 0.1) is 0 Å². The fourth-order valence-electron chi connectivity index (χ4n) is 2.29. The van der Waals surface area contributed by atoms with Crippen LogP contribution in [0.25, 0.3) is 0 Å². The Hall–Kier alpha value is -1.55. The van der Waals surface area contributed by atoms with Crippen LogP contribution >= 0.6 is 0 Å². The quantitative estimate of drug-likeness (QED) is 0.728. The largest absolute Gasteiger partial charge is 0.384 e. The van der Waals surface area contributed by atoms with Crippen molar-refractivity contribution in [2.45, 2.75) is 25.3 Å². The summed E-state index contributed by atoms with van der Waals surface area (Å²) in [5.74, 6) is 0.278. The number of rotatable bonds is 4. The van der Waals surface area contributed by atoms with Crippen molar-refractivity contribution in [3.8, 4) is 0 Å². The Kier molecular flexibility index (Phi) is 3.64. The molecular formula is C13H19N3O. The first-order chi connectivity index (χ1) is 8.22. The zero-order valence-electron chi connectivity index (χ0n) is 10.1. The minimum atomic E-state index is -0.423. The molecular weight excluding hydrogens is 214 g/mol. The van der Waals surface area contributed by atoms with Crippen LogP contribution in [0.3, 0.4) is 0 Å². The number of nitrogens with two attached hydrogens (primary N) is 1. The molecule has 0 fully saturated rings. The predicted molar refractivity (Wildman–Crippen MR) is 68.9 cm³/mol. The Balaban J connectivity index is 1.99. The summed E-state index contributed by atoms with van der Waals surface area (Å²) < 4.78 is 0. The van der Waals surface area contributed by atoms with Crippen LogP contribution in [-0.2, 0) is 4.79 Å². The number of hydrogen-bond donors (Lipinski definition) is 3. The first kappa shape index (κ1) is 11.9. The molecule has 0 saturated carbocycles. The molecule has 1 amide bonds. The van der Waals surface area contributed by atoms with E-state index in [4.69, 9.17) is 5.73 Å². The summed E-state index contributed by atoms with van der Waals surface area (Å²) in [7, 11) is 0. The molecule has 4 heteroatoms. The molecule has 2 rings (SSSR count). The van der Waals surface area contributed by atoms with Gasteiger partial charge in [-0.3, -0.25) is 4.79 Å². The maximum absolute atomic E-state index is 11.6. The number of fused-ring (bicyclic) bond motifs is 1. The zero-order chi connectivity index (χ0) is 12.3. The molecule has 1 aliphatic heterocycles. The number of carbonyl (C=O) groups excluding carboxylic acids is 1. The molecule has 1 aromatic carbocycles. The molecule has 0 bridgehead atoms. The molecule has 0 saturated heterocycles. The van der Waals surface area contributed by atoms with Crippen LogP contribution in [0.2, 0.25) is 0 Å². The highest BCUT2D eigenvalue weighted by atomic mass is 16.2. The average molecular weight is 233 g/mol. The van der Waals surface area contributed by atoms with Crippen LogP contribution in [-0.4, -0.2) is 25.0 Å². The van der Waals surface area contributed by atoms with Crippen LogP contribution in [0.4, 0.5) is 5.69 Å². The molecule has 0 spiro atoms. The van der Waals surface area contributed by atoms with Crippen LogP contribution < -0.4 is 16.4 Å². The average Bonchev–Trinajstić information content (AvgIpc) is 2.73. The Morgan fingerprint density at radius 2 is 2.35 bits per heavy atom. The Labute approximate surface area is 102 Å². The van der Waals surface area contributed by atoms with E-state index in [0.717, 1.165) is 6.54 Å². The fourth-order valence-corrected chi connectivity index (χ4v) is 2.29. The molecule has 4 N–H and O–H groups in total. The van der Waals surface area contributed by atoms with Crippen molar-refractivity contribution in [3.05, 3.63) is 29.8 Å². The van der Waals surface area contributed by atoms with Crippen molar-refractivity contribution in [1.82, 2.24) is 5.32 Å². The monoisotopic (exact) mass is 233 g/mol. The SMILES string of the molecule is CCNC(=O)C(N)CC1CNc2ccccc21. The lowest BCUT2D eigenvalue weighted by Crippen LogP contribution is -2.41. The second kappa shape index (κ2) is 5.19. The first-order valence-corrected chi connectivity index (χ1v) is 6.08. The van der Waals surface area contributed by atoms with E-state index in [1.54, 1.807) is 0 Å². The molecule has 1 heterocycles. The van der Waals surface area contributed by atoms with E-state index in [-0.39, 0.29) is 5.91 Å². The number of hydrogen-bond acceptors (Lipinski definition) is 3. The lowest BCUT2D eigenvalue weighted by atomic mass is 9.94. The van der Waals surface area contributed by atoms with E-state index >= 15 is 0 Å². The van der Waals surface area contributed by atoms with Gasteiger partial charge in [-0.2, -0.15) is 0 Å². The van der Waals surface area contributed by atoms with Crippen molar-refractivity contribution in [2.24, 2.45) is 5.73 Å². The molecule has 1 aromatic rings. The summed E-state index contributed by atoms with van der Waals surface area (Å²) in [5.41, 5.74) is 8.34. The van der Waals surface area contributed by atoms with Gasteiger partial charge in [0.25, 0.3) is 0 Å². The van der Waals surface area contributed by atoms with Gasteiger partial charge in [0, 0.05) is 24.7 Å². The highest BCUT2D eigenvalue weighted by molar-refractivity contribution is 5.81. The standard InChI is InChI=1S/C13H19N3O/c1-2-15-13(17)11(14)7-9-8-16-12-6-4-3-5-10(9)12/h3-6,9,11,16H,2,7-8,14H2,1H3,(H,15,17). The van der Waals surface area contributed by atoms with Gasteiger partial charge in [0.15, 0.2) is 0 Å². The first-order valence-electron chi connectivity index (χ1n) is 6.08. The molecule has 4 nitrogen and oxygen atoms in total. The lowest BCUT2D eigenvalue weighted by Gasteiger charge is -2.16. The van der Waals surface area contributed by atoms with Gasteiger partial charge in [0.05, 0.1) is 6.04 Å². The fraction of sp³-hybridized carbons (Fsp3) is 0.462. The molecule has 0 radical (unpaired) electrons. The minimum Gasteiger partial charge on any atom is -0.384 e. The van der Waals surface area contributed by atoms with Crippen molar-refractivity contribution in [3.63, 3.8) is 0 Å². The summed E-state index contributed by atoms with van der Waals surface area (Å²) >= 11 is 0. The van der Waals surface area contributed by atoms with Crippen LogP contribution in [0.1, 0.15) is 24.8 Å². The molecule has 92 valence electrons. The van der Waals surface area contributed by atoms with E-state index in [1.165, 1.54) is 11.3 Å². The van der Waals surface area contributed by atoms with E-state index in [0.29, 0.717) is 18.9 Å². The van der Waals surface area contributed by atoms with E-state index in [2.05, 4.69) is 22.8 Å². The number of carbonyl (C=O) groups is 1. The van der Waals surface area contributed by atoms with Crippen molar-refractivity contribution >= 4 is 11.6 Å². The molecule has 0 aliphatic carbocycles. The van der Waals surface area contributed by atoms with Gasteiger partial charge in [-0.05, 0) is 25.0 Å². The van der Waals surface area contributed by atoms with Gasteiger partial charge < -0.3 is 16.4 Å². The Morgan fingerprint density at radius 3 is 3.12 bits per heavy atom. The van der Waals surface area contributed by atoms with Gasteiger partial charge in [0.1, 0.15) is 0 Å². The van der Waals surface area contributed by atoms with Gasteiger partial charge in [-0.25, -0.2) is 0 Å². The topological polar surface area (TPSA) is 67.2 Å². The number of benzene rings is 1. The van der Waals surface area contributed by atoms with E-state index in [1.807, 2.05) is 19.1 Å². The van der Waals surface area contributed by atoms with Gasteiger partial charge >= 0.3 is 0 Å². The lowest BCUT2D eigenvalue weighted by molar-refractivity contribution is -0.122. The third kappa shape index (κ3) is 2.58. The predicted octanol–water partition coefficient (Wildman–Crippen LogP) is 1.05. The zero-order valence-corrected chi connectivity index (χ0v) is 10.1.